The second-order valence-electron chi connectivity index (χ2n) is 6.15. The third kappa shape index (κ3) is 2.13. The first-order chi connectivity index (χ1) is 11.4. The van der Waals surface area contributed by atoms with Gasteiger partial charge in [-0.3, -0.25) is 14.5 Å². The molecule has 1 fully saturated rings. The van der Waals surface area contributed by atoms with Crippen molar-refractivity contribution in [1.29, 1.82) is 0 Å². The Morgan fingerprint density at radius 3 is 2.54 bits per heavy atom. The molecular formula is C18H15BrN2O2S. The number of nitrogens with one attached hydrogen (secondary N) is 1. The fourth-order valence-electron chi connectivity index (χ4n) is 3.48. The maximum atomic E-state index is 12.9. The number of amides is 2. The van der Waals surface area contributed by atoms with E-state index in [4.69, 9.17) is 0 Å². The van der Waals surface area contributed by atoms with Gasteiger partial charge in [-0.25, -0.2) is 0 Å². The Balaban J connectivity index is 1.96. The third-order valence-corrected chi connectivity index (χ3v) is 6.23. The summed E-state index contributed by atoms with van der Waals surface area (Å²) in [6.45, 7) is 3.99. The Morgan fingerprint density at radius 2 is 1.83 bits per heavy atom. The highest BCUT2D eigenvalue weighted by Gasteiger charge is 2.58. The van der Waals surface area contributed by atoms with Crippen molar-refractivity contribution in [2.75, 3.05) is 16.0 Å². The number of rotatable bonds is 1. The molecule has 0 bridgehead atoms. The number of carbonyl (C=O) groups is 2. The lowest BCUT2D eigenvalue weighted by Gasteiger charge is -2.32. The lowest BCUT2D eigenvalue weighted by atomic mass is 10.0. The van der Waals surface area contributed by atoms with Gasteiger partial charge in [-0.15, -0.1) is 11.8 Å². The van der Waals surface area contributed by atoms with Crippen molar-refractivity contribution in [3.8, 4) is 0 Å². The number of nitrogens with zero attached hydrogens (tertiary/aromatic N) is 1. The highest BCUT2D eigenvalue weighted by molar-refractivity contribution is 9.10. The molecule has 2 aliphatic rings. The normalized spacial score (nSPS) is 22.2. The molecule has 2 aromatic rings. The Labute approximate surface area is 152 Å². The van der Waals surface area contributed by atoms with Crippen molar-refractivity contribution in [3.63, 3.8) is 0 Å². The average molecular weight is 403 g/mol. The third-order valence-electron chi connectivity index (χ3n) is 4.34. The minimum atomic E-state index is -1.03. The quantitative estimate of drug-likeness (QED) is 0.785. The van der Waals surface area contributed by atoms with E-state index in [1.54, 1.807) is 4.90 Å². The molecule has 1 N–H and O–H groups in total. The van der Waals surface area contributed by atoms with Gasteiger partial charge >= 0.3 is 0 Å². The van der Waals surface area contributed by atoms with Crippen LogP contribution in [-0.2, 0) is 14.5 Å². The fourth-order valence-corrected chi connectivity index (χ4v) is 5.14. The van der Waals surface area contributed by atoms with E-state index in [1.807, 2.05) is 44.2 Å². The first-order valence-electron chi connectivity index (χ1n) is 7.58. The highest BCUT2D eigenvalue weighted by atomic mass is 79.9. The lowest BCUT2D eigenvalue weighted by Crippen LogP contribution is -2.47. The maximum Gasteiger partial charge on any atom is 0.266 e. The largest absolute Gasteiger partial charge is 0.323 e. The van der Waals surface area contributed by atoms with Crippen LogP contribution in [0.2, 0.25) is 0 Å². The van der Waals surface area contributed by atoms with E-state index in [-0.39, 0.29) is 17.6 Å². The minimum absolute atomic E-state index is 0.0482. The summed E-state index contributed by atoms with van der Waals surface area (Å²) in [6.07, 6.45) is 0. The molecule has 122 valence electrons. The molecule has 2 aliphatic heterocycles. The summed E-state index contributed by atoms with van der Waals surface area (Å²) < 4.78 is 0.887. The molecule has 4 nitrogen and oxygen atoms in total. The van der Waals surface area contributed by atoms with Gasteiger partial charge in [0.25, 0.3) is 5.91 Å². The number of anilines is 2. The summed E-state index contributed by atoms with van der Waals surface area (Å²) in [4.78, 5) is 26.3. The molecule has 2 amide bonds. The number of halogens is 1. The Hall–Kier alpha value is -1.79. The summed E-state index contributed by atoms with van der Waals surface area (Å²) in [6, 6.07) is 11.7. The van der Waals surface area contributed by atoms with E-state index in [2.05, 4.69) is 27.3 Å². The van der Waals surface area contributed by atoms with Gasteiger partial charge in [0, 0.05) is 21.4 Å². The minimum Gasteiger partial charge on any atom is -0.323 e. The van der Waals surface area contributed by atoms with Gasteiger partial charge < -0.3 is 5.32 Å². The molecule has 0 aromatic heterocycles. The Bertz CT molecular complexity index is 878. The predicted molar refractivity (Wildman–Crippen MR) is 100 cm³/mol. The van der Waals surface area contributed by atoms with Crippen molar-refractivity contribution in [2.45, 2.75) is 18.7 Å². The van der Waals surface area contributed by atoms with Crippen LogP contribution in [0.4, 0.5) is 11.4 Å². The predicted octanol–water partition coefficient (Wildman–Crippen LogP) is 3.95. The van der Waals surface area contributed by atoms with Crippen LogP contribution in [0.5, 0.6) is 0 Å². The molecule has 4 rings (SSSR count). The van der Waals surface area contributed by atoms with E-state index in [0.717, 1.165) is 32.5 Å². The Kier molecular flexibility index (Phi) is 3.51. The zero-order valence-corrected chi connectivity index (χ0v) is 15.6. The van der Waals surface area contributed by atoms with Gasteiger partial charge in [0.05, 0.1) is 5.75 Å². The van der Waals surface area contributed by atoms with Crippen LogP contribution >= 0.6 is 27.7 Å². The van der Waals surface area contributed by atoms with Gasteiger partial charge in [-0.1, -0.05) is 22.0 Å². The summed E-state index contributed by atoms with van der Waals surface area (Å²) in [5.74, 6) is 0.0744. The molecule has 1 spiro atoms. The molecule has 1 atom stereocenters. The van der Waals surface area contributed by atoms with E-state index in [0.29, 0.717) is 0 Å². The van der Waals surface area contributed by atoms with Crippen LogP contribution in [0.1, 0.15) is 16.7 Å². The van der Waals surface area contributed by atoms with E-state index >= 15 is 0 Å². The molecule has 0 radical (unpaired) electrons. The molecule has 0 unspecified atom stereocenters. The first kappa shape index (κ1) is 15.7. The van der Waals surface area contributed by atoms with Crippen molar-refractivity contribution in [1.82, 2.24) is 0 Å². The first-order valence-corrected chi connectivity index (χ1v) is 9.36. The molecule has 24 heavy (non-hydrogen) atoms. The van der Waals surface area contributed by atoms with E-state index in [9.17, 15) is 9.59 Å². The molecule has 1 saturated heterocycles. The van der Waals surface area contributed by atoms with Crippen LogP contribution in [0.15, 0.2) is 40.9 Å². The highest BCUT2D eigenvalue weighted by Crippen LogP contribution is 2.54. The number of thioether (sulfide) groups is 1. The van der Waals surface area contributed by atoms with E-state index < -0.39 is 4.87 Å². The number of fused-ring (bicyclic) bond motifs is 2. The van der Waals surface area contributed by atoms with Crippen molar-refractivity contribution < 1.29 is 9.59 Å². The van der Waals surface area contributed by atoms with Gasteiger partial charge in [-0.05, 0) is 55.3 Å². The fraction of sp³-hybridized carbons (Fsp3) is 0.222. The maximum absolute atomic E-state index is 12.9. The van der Waals surface area contributed by atoms with Crippen molar-refractivity contribution in [3.05, 3.63) is 57.6 Å². The topological polar surface area (TPSA) is 49.4 Å². The number of aryl methyl sites for hydroxylation is 2. The van der Waals surface area contributed by atoms with Crippen LogP contribution in [0.3, 0.4) is 0 Å². The Morgan fingerprint density at radius 1 is 1.12 bits per heavy atom. The summed E-state index contributed by atoms with van der Waals surface area (Å²) in [5.41, 5.74) is 4.50. The van der Waals surface area contributed by atoms with Crippen LogP contribution in [-0.4, -0.2) is 17.6 Å². The van der Waals surface area contributed by atoms with Gasteiger partial charge in [0.2, 0.25) is 10.8 Å². The van der Waals surface area contributed by atoms with E-state index in [1.165, 1.54) is 11.8 Å². The monoisotopic (exact) mass is 402 g/mol. The molecule has 0 saturated carbocycles. The summed E-state index contributed by atoms with van der Waals surface area (Å²) in [7, 11) is 0. The molecule has 0 aliphatic carbocycles. The zero-order valence-electron chi connectivity index (χ0n) is 13.2. The summed E-state index contributed by atoms with van der Waals surface area (Å²) >= 11 is 4.86. The molecular weight excluding hydrogens is 388 g/mol. The second-order valence-corrected chi connectivity index (χ2v) is 8.24. The van der Waals surface area contributed by atoms with Crippen molar-refractivity contribution in [2.24, 2.45) is 0 Å². The number of hydrogen-bond acceptors (Lipinski definition) is 3. The van der Waals surface area contributed by atoms with Gasteiger partial charge in [0.1, 0.15) is 0 Å². The van der Waals surface area contributed by atoms with Gasteiger partial charge in [0.15, 0.2) is 0 Å². The standard InChI is InChI=1S/C18H15BrN2O2S/c1-10-5-11(2)7-13(6-10)21-16(22)9-24-18(21)14-8-12(19)3-4-15(14)20-17(18)23/h3-8H,9H2,1-2H3,(H,20,23)/t18-/m1/s1. The number of hydrogen-bond donors (Lipinski definition) is 1. The van der Waals surface area contributed by atoms with Gasteiger partial charge in [-0.2, -0.15) is 0 Å². The molecule has 6 heteroatoms. The molecule has 2 aromatic carbocycles. The van der Waals surface area contributed by atoms with Crippen LogP contribution in [0, 0.1) is 13.8 Å². The smallest absolute Gasteiger partial charge is 0.266 e. The second kappa shape index (κ2) is 5.36. The van der Waals surface area contributed by atoms with Crippen molar-refractivity contribution >= 4 is 50.9 Å². The lowest BCUT2D eigenvalue weighted by molar-refractivity contribution is -0.122. The average Bonchev–Trinajstić information content (AvgIpc) is 2.98. The zero-order chi connectivity index (χ0) is 17.1. The summed E-state index contributed by atoms with van der Waals surface area (Å²) in [5, 5.41) is 2.93. The SMILES string of the molecule is Cc1cc(C)cc(N2C(=O)CS[C@]23C(=O)Nc2ccc(Br)cc23)c1. The van der Waals surface area contributed by atoms with Crippen LogP contribution in [0.25, 0.3) is 0 Å². The number of benzene rings is 2. The van der Waals surface area contributed by atoms with Crippen LogP contribution < -0.4 is 10.2 Å². The number of carbonyl (C=O) groups excluding carboxylic acids is 2. The molecule has 2 heterocycles.